The van der Waals surface area contributed by atoms with Gasteiger partial charge in [-0.25, -0.2) is 8.42 Å². The summed E-state index contributed by atoms with van der Waals surface area (Å²) in [5.74, 6) is -0.0592. The van der Waals surface area contributed by atoms with E-state index in [1.807, 2.05) is 12.1 Å². The third-order valence-electron chi connectivity index (χ3n) is 6.82. The van der Waals surface area contributed by atoms with E-state index >= 15 is 0 Å². The van der Waals surface area contributed by atoms with E-state index in [0.29, 0.717) is 36.4 Å². The van der Waals surface area contributed by atoms with Crippen LogP contribution < -0.4 is 20.1 Å². The summed E-state index contributed by atoms with van der Waals surface area (Å²) >= 11 is 0. The van der Waals surface area contributed by atoms with Crippen molar-refractivity contribution in [2.75, 3.05) is 18.1 Å². The number of nitrogen functional groups attached to an aromatic ring is 1. The topological polar surface area (TPSA) is 143 Å². The van der Waals surface area contributed by atoms with Crippen LogP contribution in [0.15, 0.2) is 71.6 Å². The third kappa shape index (κ3) is 5.32. The molecule has 196 valence electrons. The molecule has 0 saturated heterocycles. The number of nitrogens with zero attached hydrogens (tertiary/aromatic N) is 1. The number of sulfonamides is 1. The summed E-state index contributed by atoms with van der Waals surface area (Å²) in [6.07, 6.45) is 1.45. The number of para-hydroxylation sites is 1. The van der Waals surface area contributed by atoms with Gasteiger partial charge in [-0.2, -0.15) is 4.72 Å². The Labute approximate surface area is 221 Å². The molecule has 0 radical (unpaired) electrons. The first-order chi connectivity index (χ1) is 18.2. The fourth-order valence-electron chi connectivity index (χ4n) is 4.84. The molecule has 38 heavy (non-hydrogen) atoms. The summed E-state index contributed by atoms with van der Waals surface area (Å²) in [5, 5.41) is 7.51. The smallest absolute Gasteiger partial charge is 0.245 e. The van der Waals surface area contributed by atoms with Gasteiger partial charge in [-0.15, -0.1) is 0 Å². The summed E-state index contributed by atoms with van der Waals surface area (Å²) in [6.45, 7) is 0.314. The molecule has 0 unspecified atom stereocenters. The lowest BCUT2D eigenvalue weighted by Gasteiger charge is -2.26. The van der Waals surface area contributed by atoms with Crippen molar-refractivity contribution in [3.8, 4) is 5.75 Å². The minimum Gasteiger partial charge on any atom is -0.493 e. The van der Waals surface area contributed by atoms with Gasteiger partial charge < -0.3 is 15.4 Å². The van der Waals surface area contributed by atoms with Crippen molar-refractivity contribution in [1.29, 1.82) is 5.41 Å². The number of fused-ring (bicyclic) bond motifs is 2. The number of ketones is 1. The molecule has 0 bridgehead atoms. The van der Waals surface area contributed by atoms with Crippen LogP contribution in [-0.4, -0.2) is 45.1 Å². The number of Topliss-reactive ketones (excluding diaryl/α,β-unsaturated/α-hetero) is 1. The number of hydrogen-bond donors (Lipinski definition) is 3. The van der Waals surface area contributed by atoms with Gasteiger partial charge in [0, 0.05) is 24.1 Å². The van der Waals surface area contributed by atoms with Gasteiger partial charge in [0.15, 0.2) is 5.78 Å². The van der Waals surface area contributed by atoms with E-state index in [2.05, 4.69) is 4.72 Å². The number of nitrogens with two attached hydrogens (primary N) is 1. The Bertz CT molecular complexity index is 1520. The van der Waals surface area contributed by atoms with Crippen molar-refractivity contribution in [2.45, 2.75) is 36.6 Å². The first-order valence-electron chi connectivity index (χ1n) is 12.3. The molecule has 1 atom stereocenters. The summed E-state index contributed by atoms with van der Waals surface area (Å²) in [6, 6.07) is 17.8. The van der Waals surface area contributed by atoms with E-state index in [4.69, 9.17) is 15.9 Å². The number of carbonyl (C=O) groups excluding carboxylic acids is 2. The molecule has 0 saturated carbocycles. The highest BCUT2D eigenvalue weighted by Crippen LogP contribution is 2.30. The molecule has 2 aliphatic rings. The molecule has 0 fully saturated rings. The molecule has 2 heterocycles. The van der Waals surface area contributed by atoms with Crippen LogP contribution in [0.2, 0.25) is 0 Å². The van der Waals surface area contributed by atoms with Crippen molar-refractivity contribution < 1.29 is 22.7 Å². The fraction of sp³-hybridized carbons (Fsp3) is 0.250. The van der Waals surface area contributed by atoms with Gasteiger partial charge >= 0.3 is 0 Å². The highest BCUT2D eigenvalue weighted by Gasteiger charge is 2.34. The maximum atomic E-state index is 13.7. The molecule has 1 amide bonds. The zero-order chi connectivity index (χ0) is 26.9. The van der Waals surface area contributed by atoms with Gasteiger partial charge in [0.2, 0.25) is 15.9 Å². The molecule has 5 rings (SSSR count). The lowest BCUT2D eigenvalue weighted by molar-refractivity contribution is -0.123. The summed E-state index contributed by atoms with van der Waals surface area (Å²) in [4.78, 5) is 28.2. The molecule has 2 aliphatic heterocycles. The zero-order valence-corrected chi connectivity index (χ0v) is 21.5. The monoisotopic (exact) mass is 532 g/mol. The van der Waals surface area contributed by atoms with Crippen LogP contribution >= 0.6 is 0 Å². The number of amidine groups is 1. The van der Waals surface area contributed by atoms with Crippen molar-refractivity contribution in [2.24, 2.45) is 5.73 Å². The lowest BCUT2D eigenvalue weighted by atomic mass is 10.1. The van der Waals surface area contributed by atoms with Crippen LogP contribution in [0.1, 0.15) is 28.7 Å². The molecule has 10 heteroatoms. The van der Waals surface area contributed by atoms with Crippen LogP contribution in [-0.2, 0) is 38.9 Å². The Kier molecular flexibility index (Phi) is 7.00. The number of amides is 1. The van der Waals surface area contributed by atoms with Crippen molar-refractivity contribution in [3.63, 3.8) is 0 Å². The highest BCUT2D eigenvalue weighted by atomic mass is 32.2. The molecule has 3 aromatic rings. The second-order valence-corrected chi connectivity index (χ2v) is 11.2. The van der Waals surface area contributed by atoms with E-state index in [1.54, 1.807) is 48.5 Å². The quantitative estimate of drug-likeness (QED) is 0.300. The van der Waals surface area contributed by atoms with Crippen molar-refractivity contribution >= 4 is 33.2 Å². The Morgan fingerprint density at radius 1 is 1.05 bits per heavy atom. The van der Waals surface area contributed by atoms with Crippen LogP contribution in [0.4, 0.5) is 5.69 Å². The number of carbonyl (C=O) groups is 2. The normalized spacial score (nSPS) is 16.8. The number of nitrogens with one attached hydrogen (secondary N) is 2. The van der Waals surface area contributed by atoms with Crippen LogP contribution in [0.25, 0.3) is 0 Å². The third-order valence-corrected chi connectivity index (χ3v) is 8.29. The Balaban J connectivity index is 1.37. The molecule has 3 aromatic carbocycles. The van der Waals surface area contributed by atoms with Gasteiger partial charge in [0.1, 0.15) is 17.6 Å². The van der Waals surface area contributed by atoms with Crippen LogP contribution in [0.3, 0.4) is 0 Å². The molecule has 9 nitrogen and oxygen atoms in total. The Morgan fingerprint density at radius 2 is 1.82 bits per heavy atom. The van der Waals surface area contributed by atoms with E-state index in [1.165, 1.54) is 11.0 Å². The van der Waals surface area contributed by atoms with Crippen LogP contribution in [0, 0.1) is 5.41 Å². The maximum absolute atomic E-state index is 13.7. The maximum Gasteiger partial charge on any atom is 0.245 e. The summed E-state index contributed by atoms with van der Waals surface area (Å²) in [5.41, 5.74) is 9.08. The second kappa shape index (κ2) is 10.4. The standard InChI is InChI=1S/C28H28N4O5S/c29-27(30)20-7-5-18(6-8-20)15-22(33)17-32-25-4-2-1-3-19(25)9-11-24(28(32)34)31-38(35,36)23-10-12-26-21(16-23)13-14-37-26/h1-8,10,12,16,24,31H,9,11,13-15,17H2,(H3,29,30)/t24-/m0/s1. The molecule has 0 aromatic heterocycles. The van der Waals surface area contributed by atoms with E-state index < -0.39 is 22.0 Å². The van der Waals surface area contributed by atoms with Gasteiger partial charge in [0.25, 0.3) is 0 Å². The highest BCUT2D eigenvalue weighted by molar-refractivity contribution is 7.89. The van der Waals surface area contributed by atoms with Gasteiger partial charge in [0.05, 0.1) is 18.0 Å². The number of rotatable bonds is 8. The number of aryl methyl sites for hydroxylation is 1. The average Bonchev–Trinajstić information content (AvgIpc) is 3.33. The van der Waals surface area contributed by atoms with Gasteiger partial charge in [-0.3, -0.25) is 15.0 Å². The largest absolute Gasteiger partial charge is 0.493 e. The lowest BCUT2D eigenvalue weighted by Crippen LogP contribution is -2.49. The predicted octanol–water partition coefficient (Wildman–Crippen LogP) is 2.34. The molecular formula is C28H28N4O5S. The first-order valence-corrected chi connectivity index (χ1v) is 13.8. The zero-order valence-electron chi connectivity index (χ0n) is 20.6. The SMILES string of the molecule is N=C(N)c1ccc(CC(=O)CN2C(=O)[C@@H](NS(=O)(=O)c3ccc4c(c3)CCO4)CCc3ccccc32)cc1. The molecule has 0 aliphatic carbocycles. The first kappa shape index (κ1) is 25.6. The Morgan fingerprint density at radius 3 is 2.58 bits per heavy atom. The average molecular weight is 533 g/mol. The van der Waals surface area contributed by atoms with Crippen molar-refractivity contribution in [3.05, 3.63) is 89.0 Å². The number of anilines is 1. The Hall–Kier alpha value is -4.02. The number of benzene rings is 3. The fourth-order valence-corrected chi connectivity index (χ4v) is 6.11. The van der Waals surface area contributed by atoms with E-state index in [0.717, 1.165) is 16.7 Å². The summed E-state index contributed by atoms with van der Waals surface area (Å²) < 4.78 is 34.6. The summed E-state index contributed by atoms with van der Waals surface area (Å²) in [7, 11) is -4.00. The second-order valence-electron chi connectivity index (χ2n) is 9.46. The molecule has 4 N–H and O–H groups in total. The predicted molar refractivity (Wildman–Crippen MR) is 143 cm³/mol. The van der Waals surface area contributed by atoms with Gasteiger partial charge in [-0.1, -0.05) is 42.5 Å². The number of hydrogen-bond acceptors (Lipinski definition) is 6. The minimum atomic E-state index is -4.00. The van der Waals surface area contributed by atoms with E-state index in [9.17, 15) is 18.0 Å². The van der Waals surface area contributed by atoms with Crippen molar-refractivity contribution in [1.82, 2.24) is 4.72 Å². The van der Waals surface area contributed by atoms with Crippen LogP contribution in [0.5, 0.6) is 5.75 Å². The van der Waals surface area contributed by atoms with E-state index in [-0.39, 0.29) is 35.9 Å². The minimum absolute atomic E-state index is 0.0589. The van der Waals surface area contributed by atoms with Gasteiger partial charge in [-0.05, 0) is 53.8 Å². The number of ether oxygens (including phenoxy) is 1. The molecular weight excluding hydrogens is 504 g/mol. The molecule has 0 spiro atoms.